The van der Waals surface area contributed by atoms with Crippen LogP contribution in [0.2, 0.25) is 0 Å². The molecule has 0 spiro atoms. The number of carbonyl (C=O) groups excluding carboxylic acids is 2. The van der Waals surface area contributed by atoms with Gasteiger partial charge in [0.25, 0.3) is 0 Å². The maximum atomic E-state index is 12.4. The van der Waals surface area contributed by atoms with Gasteiger partial charge in [-0.25, -0.2) is 0 Å². The fourth-order valence-corrected chi connectivity index (χ4v) is 25.6. The van der Waals surface area contributed by atoms with Crippen molar-refractivity contribution in [1.82, 2.24) is 0 Å². The summed E-state index contributed by atoms with van der Waals surface area (Å²) in [5.41, 5.74) is 14.8. The van der Waals surface area contributed by atoms with E-state index in [4.69, 9.17) is 11.4 Å². The van der Waals surface area contributed by atoms with Crippen molar-refractivity contribution in [2.24, 2.45) is 0 Å². The fraction of sp³-hybridized carbons (Fsp3) is 0.269. The van der Waals surface area contributed by atoms with E-state index in [2.05, 4.69) is 121 Å². The summed E-state index contributed by atoms with van der Waals surface area (Å²) in [6.45, 7) is 20.4. The summed E-state index contributed by atoms with van der Waals surface area (Å²) in [7, 11) is 0. The van der Waals surface area contributed by atoms with Crippen molar-refractivity contribution in [2.75, 3.05) is 11.1 Å². The summed E-state index contributed by atoms with van der Waals surface area (Å²) < 4.78 is 14.6. The van der Waals surface area contributed by atoms with E-state index in [-0.39, 0.29) is 0 Å². The van der Waals surface area contributed by atoms with Crippen LogP contribution < -0.4 is 20.9 Å². The van der Waals surface area contributed by atoms with Crippen molar-refractivity contribution in [2.45, 2.75) is 92.9 Å². The maximum Gasteiger partial charge on any atom is 0.0454 e. The molecule has 6 aromatic carbocycles. The van der Waals surface area contributed by atoms with Crippen molar-refractivity contribution < 1.29 is 15.2 Å². The topological polar surface area (TPSA) is 90.7 Å². The number of nitrogens with one attached hydrogen (secondary N) is 1. The molecule has 0 saturated carbocycles. The molecule has 0 amide bonds. The van der Waals surface area contributed by atoms with Gasteiger partial charge in [-0.05, 0) is 58.1 Å². The molecule has 3 N–H and O–H groups in total. The molecule has 7 heteroatoms. The van der Waals surface area contributed by atoms with E-state index in [0.29, 0.717) is 23.7 Å². The van der Waals surface area contributed by atoms with Crippen molar-refractivity contribution in [3.63, 3.8) is 0 Å². The Morgan fingerprint density at radius 2 is 0.729 bits per heavy atom. The SMILES string of the molecule is CC(=O)[O][Bi]([O]C(C)=O)([c]1ccccc1)([c]1ccccc1)[c]1ccccc1.CC(C)c1cccc(C(C)C)c1N.CC(C)c1cccc(C(C)C)c1Nc1ccccc1. The molecule has 0 aliphatic carbocycles. The van der Waals surface area contributed by atoms with Gasteiger partial charge in [0.1, 0.15) is 0 Å². The van der Waals surface area contributed by atoms with Crippen molar-refractivity contribution in [3.8, 4) is 0 Å². The molecule has 0 fully saturated rings. The van der Waals surface area contributed by atoms with Crippen LogP contribution in [0.3, 0.4) is 0 Å². The number of hydrogen-bond donors (Lipinski definition) is 2. The molecule has 0 saturated heterocycles. The van der Waals surface area contributed by atoms with Crippen LogP contribution in [-0.2, 0) is 15.2 Å². The third kappa shape index (κ3) is 11.1. The van der Waals surface area contributed by atoms with E-state index in [0.717, 1.165) is 21.2 Å². The monoisotopic (exact) mass is 988 g/mol. The van der Waals surface area contributed by atoms with E-state index >= 15 is 0 Å². The molecule has 0 atom stereocenters. The third-order valence-electron chi connectivity index (χ3n) is 10.1. The summed E-state index contributed by atoms with van der Waals surface area (Å²) in [4.78, 5) is 24.8. The summed E-state index contributed by atoms with van der Waals surface area (Å²) in [6.07, 6.45) is 0. The summed E-state index contributed by atoms with van der Waals surface area (Å²) in [6, 6.07) is 51.4. The molecule has 0 aliphatic heterocycles. The van der Waals surface area contributed by atoms with Gasteiger partial charge in [0, 0.05) is 17.1 Å². The molecule has 59 heavy (non-hydrogen) atoms. The minimum atomic E-state index is -5.61. The Bertz CT molecular complexity index is 2070. The van der Waals surface area contributed by atoms with E-state index in [1.807, 2.05) is 97.1 Å². The van der Waals surface area contributed by atoms with Crippen LogP contribution in [0, 0.1) is 0 Å². The Morgan fingerprint density at radius 1 is 0.441 bits per heavy atom. The molecule has 6 aromatic rings. The number of rotatable bonds is 11. The minimum absolute atomic E-state index is 0.486. The van der Waals surface area contributed by atoms with E-state index < -0.39 is 31.6 Å². The Kier molecular flexibility index (Phi) is 16.6. The molecule has 0 radical (unpaired) electrons. The van der Waals surface area contributed by atoms with Crippen LogP contribution in [0.5, 0.6) is 0 Å². The molecule has 0 aliphatic rings. The molecular weight excluding hydrogens is 926 g/mol. The predicted octanol–water partition coefficient (Wildman–Crippen LogP) is 11.4. The van der Waals surface area contributed by atoms with Gasteiger partial charge in [-0.3, -0.25) is 0 Å². The molecule has 0 bridgehead atoms. The Labute approximate surface area is 355 Å². The number of hydrogen-bond acceptors (Lipinski definition) is 6. The molecule has 0 unspecified atom stereocenters. The molecule has 0 heterocycles. The van der Waals surface area contributed by atoms with Crippen LogP contribution >= 0.6 is 0 Å². The van der Waals surface area contributed by atoms with Crippen LogP contribution in [0.15, 0.2) is 158 Å². The Morgan fingerprint density at radius 3 is 1.02 bits per heavy atom. The van der Waals surface area contributed by atoms with Gasteiger partial charge in [0.2, 0.25) is 0 Å². The van der Waals surface area contributed by atoms with Gasteiger partial charge in [0.15, 0.2) is 0 Å². The van der Waals surface area contributed by atoms with Gasteiger partial charge < -0.3 is 11.1 Å². The summed E-state index contributed by atoms with van der Waals surface area (Å²) in [5, 5.41) is 3.60. The van der Waals surface area contributed by atoms with Gasteiger partial charge in [0.05, 0.1) is 0 Å². The smallest absolute Gasteiger partial charge is 0.0454 e. The third-order valence-corrected chi connectivity index (χ3v) is 29.2. The van der Waals surface area contributed by atoms with Gasteiger partial charge in [-0.1, -0.05) is 110 Å². The zero-order valence-electron chi connectivity index (χ0n) is 36.5. The zero-order chi connectivity index (χ0) is 43.2. The number of para-hydroxylation sites is 3. The van der Waals surface area contributed by atoms with E-state index in [1.165, 1.54) is 41.8 Å². The zero-order valence-corrected chi connectivity index (χ0v) is 40.0. The number of benzene rings is 6. The van der Waals surface area contributed by atoms with Crippen molar-refractivity contribution in [1.29, 1.82) is 0 Å². The number of anilines is 3. The largest absolute Gasteiger partial charge is 0.398 e. The van der Waals surface area contributed by atoms with Crippen LogP contribution in [0.4, 0.5) is 17.1 Å². The first-order valence-corrected chi connectivity index (χ1v) is 28.6. The second-order valence-corrected chi connectivity index (χ2v) is 30.8. The van der Waals surface area contributed by atoms with Gasteiger partial charge in [-0.15, -0.1) is 0 Å². The first kappa shape index (κ1) is 46.4. The number of carbonyl (C=O) groups is 2. The average molecular weight is 989 g/mol. The fourth-order valence-electron chi connectivity index (χ4n) is 7.34. The molecular formula is C52H63BiN2O4. The predicted molar refractivity (Wildman–Crippen MR) is 251 cm³/mol. The number of nitrogens with two attached hydrogens (primary N) is 1. The van der Waals surface area contributed by atoms with Gasteiger partial charge in [-0.2, -0.15) is 0 Å². The summed E-state index contributed by atoms with van der Waals surface area (Å²) in [5.74, 6) is 1.09. The van der Waals surface area contributed by atoms with Crippen LogP contribution in [-0.4, -0.2) is 31.6 Å². The average Bonchev–Trinajstić information content (AvgIpc) is 3.22. The van der Waals surface area contributed by atoms with Crippen molar-refractivity contribution >= 4 is 58.5 Å². The molecule has 6 rings (SSSR count). The molecule has 0 aromatic heterocycles. The van der Waals surface area contributed by atoms with Crippen molar-refractivity contribution in [3.05, 3.63) is 180 Å². The first-order chi connectivity index (χ1) is 28.1. The quantitative estimate of drug-likeness (QED) is 0.0993. The summed E-state index contributed by atoms with van der Waals surface area (Å²) >= 11 is -5.61. The van der Waals surface area contributed by atoms with E-state index in [1.54, 1.807) is 0 Å². The standard InChI is InChI=1S/C18H23N.C12H19N.3C6H5.2C2H4O2.Bi/c1-13(2)16-11-8-12-17(14(3)4)18(16)19-15-9-6-5-7-10-15;1-8(2)10-6-5-7-11(9(3)4)12(10)13;3*1-2-4-6-5-3-1;2*1-2(3)4;/h5-14,19H,1-4H3;5-9H,13H2,1-4H3;3*1-5H;2*1H3,(H,3,4);/q;;;;;;;+2/p-2. The van der Waals surface area contributed by atoms with Crippen LogP contribution in [0.1, 0.15) is 115 Å². The Balaban J connectivity index is 0.000000209. The second kappa shape index (κ2) is 21.1. The molecule has 6 nitrogen and oxygen atoms in total. The Hall–Kier alpha value is -5.26. The number of nitrogen functional groups attached to an aromatic ring is 1. The van der Waals surface area contributed by atoms with E-state index in [9.17, 15) is 9.59 Å². The molecule has 310 valence electrons. The minimum Gasteiger partial charge on any atom is -0.398 e. The first-order valence-electron chi connectivity index (χ1n) is 20.5. The second-order valence-electron chi connectivity index (χ2n) is 15.9. The van der Waals surface area contributed by atoms with Crippen LogP contribution in [0.25, 0.3) is 0 Å². The normalized spacial score (nSPS) is 11.7. The van der Waals surface area contributed by atoms with Gasteiger partial charge >= 0.3 is 161 Å². The maximum absolute atomic E-state index is 12.4.